The fourth-order valence-electron chi connectivity index (χ4n) is 2.30. The lowest BCUT2D eigenvalue weighted by Crippen LogP contribution is -2.52. The molecular weight excluding hydrogens is 285 g/mol. The number of nitrogens with zero attached hydrogens (tertiary/aromatic N) is 1. The number of hydrogen-bond acceptors (Lipinski definition) is 3. The second-order valence-corrected chi connectivity index (χ2v) is 5.01. The fourth-order valence-corrected chi connectivity index (χ4v) is 2.30. The number of carbonyl (C=O) groups excluding carboxylic acids is 1. The molecule has 1 atom stereocenters. The SMILES string of the molecule is C[C@@H]1CNCCN1C(=O)Cc1ccc(OC(F)(F)F)cc1. The molecule has 2 rings (SSSR count). The maximum atomic E-state index is 12.2. The molecule has 1 amide bonds. The van der Waals surface area contributed by atoms with Crippen LogP contribution < -0.4 is 10.1 Å². The number of hydrogen-bond donors (Lipinski definition) is 1. The van der Waals surface area contributed by atoms with Crippen molar-refractivity contribution in [1.82, 2.24) is 10.2 Å². The Morgan fingerprint density at radius 1 is 1.38 bits per heavy atom. The van der Waals surface area contributed by atoms with Crippen LogP contribution in [-0.4, -0.2) is 42.8 Å². The van der Waals surface area contributed by atoms with E-state index in [1.54, 1.807) is 4.90 Å². The zero-order chi connectivity index (χ0) is 15.5. The smallest absolute Gasteiger partial charge is 0.406 e. The highest BCUT2D eigenvalue weighted by atomic mass is 19.4. The zero-order valence-electron chi connectivity index (χ0n) is 11.6. The molecule has 0 radical (unpaired) electrons. The van der Waals surface area contributed by atoms with E-state index in [2.05, 4.69) is 10.1 Å². The lowest BCUT2D eigenvalue weighted by molar-refractivity contribution is -0.274. The summed E-state index contributed by atoms with van der Waals surface area (Å²) in [5.74, 6) is -0.303. The standard InChI is InChI=1S/C14H17F3N2O2/c1-10-9-18-6-7-19(10)13(20)8-11-2-4-12(5-3-11)21-14(15,16)17/h2-5,10,18H,6-9H2,1H3/t10-/m1/s1. The number of carbonyl (C=O) groups is 1. The molecule has 0 saturated carbocycles. The second-order valence-electron chi connectivity index (χ2n) is 5.01. The summed E-state index contributed by atoms with van der Waals surface area (Å²) in [7, 11) is 0. The third-order valence-electron chi connectivity index (χ3n) is 3.33. The first kappa shape index (κ1) is 15.6. The van der Waals surface area contributed by atoms with E-state index in [-0.39, 0.29) is 24.1 Å². The van der Waals surface area contributed by atoms with E-state index < -0.39 is 6.36 Å². The van der Waals surface area contributed by atoms with E-state index in [4.69, 9.17) is 0 Å². The first-order chi connectivity index (χ1) is 9.85. The molecule has 0 aliphatic carbocycles. The molecule has 1 aliphatic heterocycles. The third kappa shape index (κ3) is 4.63. The summed E-state index contributed by atoms with van der Waals surface area (Å²) < 4.78 is 39.9. The van der Waals surface area contributed by atoms with Crippen LogP contribution >= 0.6 is 0 Å². The maximum Gasteiger partial charge on any atom is 0.573 e. The quantitative estimate of drug-likeness (QED) is 0.928. The van der Waals surface area contributed by atoms with Crippen LogP contribution in [0.15, 0.2) is 24.3 Å². The molecule has 0 aromatic heterocycles. The average Bonchev–Trinajstić information content (AvgIpc) is 2.40. The highest BCUT2D eigenvalue weighted by Gasteiger charge is 2.31. The van der Waals surface area contributed by atoms with Gasteiger partial charge in [0.15, 0.2) is 0 Å². The summed E-state index contributed by atoms with van der Waals surface area (Å²) in [5.41, 5.74) is 0.667. The van der Waals surface area contributed by atoms with E-state index >= 15 is 0 Å². The summed E-state index contributed by atoms with van der Waals surface area (Å²) in [4.78, 5) is 14.0. The van der Waals surface area contributed by atoms with E-state index in [0.717, 1.165) is 13.1 Å². The van der Waals surface area contributed by atoms with E-state index in [9.17, 15) is 18.0 Å². The Hall–Kier alpha value is -1.76. The highest BCUT2D eigenvalue weighted by Crippen LogP contribution is 2.23. The lowest BCUT2D eigenvalue weighted by Gasteiger charge is -2.34. The van der Waals surface area contributed by atoms with Gasteiger partial charge in [-0.2, -0.15) is 0 Å². The molecule has 0 bridgehead atoms. The van der Waals surface area contributed by atoms with Crippen molar-refractivity contribution in [2.24, 2.45) is 0 Å². The van der Waals surface area contributed by atoms with Gasteiger partial charge >= 0.3 is 6.36 Å². The van der Waals surface area contributed by atoms with Crippen molar-refractivity contribution in [3.05, 3.63) is 29.8 Å². The van der Waals surface area contributed by atoms with E-state index in [1.165, 1.54) is 24.3 Å². The topological polar surface area (TPSA) is 41.6 Å². The Morgan fingerprint density at radius 3 is 2.62 bits per heavy atom. The van der Waals surface area contributed by atoms with Crippen LogP contribution in [0.4, 0.5) is 13.2 Å². The van der Waals surface area contributed by atoms with Crippen LogP contribution in [0.2, 0.25) is 0 Å². The van der Waals surface area contributed by atoms with E-state index in [0.29, 0.717) is 12.1 Å². The fraction of sp³-hybridized carbons (Fsp3) is 0.500. The molecule has 21 heavy (non-hydrogen) atoms. The monoisotopic (exact) mass is 302 g/mol. The normalized spacial score (nSPS) is 19.4. The number of rotatable bonds is 3. The van der Waals surface area contributed by atoms with Crippen molar-refractivity contribution in [1.29, 1.82) is 0 Å². The molecule has 1 aromatic rings. The predicted octanol–water partition coefficient (Wildman–Crippen LogP) is 1.95. The summed E-state index contributed by atoms with van der Waals surface area (Å²) in [6.07, 6.45) is -4.52. The van der Waals surface area contributed by atoms with Crippen LogP contribution in [-0.2, 0) is 11.2 Å². The second kappa shape index (κ2) is 6.34. The highest BCUT2D eigenvalue weighted by molar-refractivity contribution is 5.79. The number of ether oxygens (including phenoxy) is 1. The van der Waals surface area contributed by atoms with Crippen LogP contribution in [0.3, 0.4) is 0 Å². The molecule has 4 nitrogen and oxygen atoms in total. The molecule has 1 heterocycles. The molecule has 1 fully saturated rings. The number of benzene rings is 1. The van der Waals surface area contributed by atoms with Gasteiger partial charge in [-0.15, -0.1) is 13.2 Å². The van der Waals surface area contributed by atoms with Gasteiger partial charge in [0.25, 0.3) is 0 Å². The number of amides is 1. The van der Waals surface area contributed by atoms with Crippen LogP contribution in [0, 0.1) is 0 Å². The van der Waals surface area contributed by atoms with Crippen LogP contribution in [0.5, 0.6) is 5.75 Å². The molecule has 1 saturated heterocycles. The van der Waals surface area contributed by atoms with Crippen LogP contribution in [0.25, 0.3) is 0 Å². The van der Waals surface area contributed by atoms with Gasteiger partial charge in [-0.1, -0.05) is 12.1 Å². The van der Waals surface area contributed by atoms with Crippen molar-refractivity contribution < 1.29 is 22.7 Å². The summed E-state index contributed by atoms with van der Waals surface area (Å²) in [6, 6.07) is 5.52. The van der Waals surface area contributed by atoms with Gasteiger partial charge in [0.2, 0.25) is 5.91 Å². The molecule has 0 unspecified atom stereocenters. The molecular formula is C14H17F3N2O2. The lowest BCUT2D eigenvalue weighted by atomic mass is 10.1. The number of nitrogens with one attached hydrogen (secondary N) is 1. The predicted molar refractivity (Wildman–Crippen MR) is 70.9 cm³/mol. The van der Waals surface area contributed by atoms with Crippen molar-refractivity contribution in [3.63, 3.8) is 0 Å². The van der Waals surface area contributed by atoms with Gasteiger partial charge in [0, 0.05) is 25.7 Å². The minimum absolute atomic E-state index is 0.0199. The maximum absolute atomic E-state index is 12.2. The van der Waals surface area contributed by atoms with Crippen LogP contribution in [0.1, 0.15) is 12.5 Å². The van der Waals surface area contributed by atoms with Gasteiger partial charge in [-0.05, 0) is 24.6 Å². The summed E-state index contributed by atoms with van der Waals surface area (Å²) in [5, 5.41) is 3.20. The Bertz CT molecular complexity index is 488. The Morgan fingerprint density at radius 2 is 2.05 bits per heavy atom. The van der Waals surface area contributed by atoms with Crippen molar-refractivity contribution >= 4 is 5.91 Å². The summed E-state index contributed by atoms with van der Waals surface area (Å²) >= 11 is 0. The number of halogens is 3. The molecule has 1 N–H and O–H groups in total. The average molecular weight is 302 g/mol. The number of piperazine rings is 1. The Balaban J connectivity index is 1.95. The molecule has 1 aromatic carbocycles. The Kier molecular flexibility index (Phi) is 4.72. The Labute approximate surface area is 120 Å². The zero-order valence-corrected chi connectivity index (χ0v) is 11.6. The van der Waals surface area contributed by atoms with Gasteiger partial charge < -0.3 is 15.0 Å². The minimum Gasteiger partial charge on any atom is -0.406 e. The van der Waals surface area contributed by atoms with Gasteiger partial charge in [-0.25, -0.2) is 0 Å². The number of alkyl halides is 3. The minimum atomic E-state index is -4.70. The van der Waals surface area contributed by atoms with E-state index in [1.807, 2.05) is 6.92 Å². The van der Waals surface area contributed by atoms with Gasteiger partial charge in [-0.3, -0.25) is 4.79 Å². The molecule has 0 spiro atoms. The van der Waals surface area contributed by atoms with Crippen molar-refractivity contribution in [2.45, 2.75) is 25.7 Å². The summed E-state index contributed by atoms with van der Waals surface area (Å²) in [6.45, 7) is 4.12. The molecule has 7 heteroatoms. The largest absolute Gasteiger partial charge is 0.573 e. The first-order valence-electron chi connectivity index (χ1n) is 6.70. The first-order valence-corrected chi connectivity index (χ1v) is 6.70. The van der Waals surface area contributed by atoms with Crippen molar-refractivity contribution in [2.75, 3.05) is 19.6 Å². The molecule has 116 valence electrons. The van der Waals surface area contributed by atoms with Gasteiger partial charge in [0.1, 0.15) is 5.75 Å². The van der Waals surface area contributed by atoms with Gasteiger partial charge in [0.05, 0.1) is 6.42 Å². The van der Waals surface area contributed by atoms with Crippen molar-refractivity contribution in [3.8, 4) is 5.75 Å². The molecule has 1 aliphatic rings. The third-order valence-corrected chi connectivity index (χ3v) is 3.33.